The molecule has 0 aromatic rings. The second-order valence-electron chi connectivity index (χ2n) is 6.79. The van der Waals surface area contributed by atoms with Crippen molar-refractivity contribution in [1.29, 1.82) is 0 Å². The van der Waals surface area contributed by atoms with Gasteiger partial charge in [-0.1, -0.05) is 0 Å². The molecule has 3 fully saturated rings. The number of methoxy groups -OCH3 is 1. The first kappa shape index (κ1) is 22.9. The second kappa shape index (κ2) is 13.1. The quantitative estimate of drug-likeness (QED) is 0.206. The maximum absolute atomic E-state index is 5.10. The van der Waals surface area contributed by atoms with Crippen LogP contribution in [0.3, 0.4) is 0 Å². The third-order valence-electron chi connectivity index (χ3n) is 4.87. The number of guanidine groups is 1. The fourth-order valence-corrected chi connectivity index (χ4v) is 3.39. The Morgan fingerprint density at radius 2 is 1.96 bits per heavy atom. The Morgan fingerprint density at radius 3 is 2.56 bits per heavy atom. The van der Waals surface area contributed by atoms with Crippen LogP contribution in [0.5, 0.6) is 0 Å². The highest BCUT2D eigenvalue weighted by atomic mass is 127. The number of hydrogen-bond donors (Lipinski definition) is 2. The molecular weight excluding hydrogens is 431 g/mol. The van der Waals surface area contributed by atoms with Gasteiger partial charge in [-0.15, -0.1) is 24.0 Å². The van der Waals surface area contributed by atoms with E-state index in [-0.39, 0.29) is 24.0 Å². The lowest BCUT2D eigenvalue weighted by molar-refractivity contribution is 0.0174. The number of likely N-dealkylation sites (N-methyl/N-ethyl adjacent to an activating group) is 1. The lowest BCUT2D eigenvalue weighted by Crippen LogP contribution is -2.62. The first-order chi connectivity index (χ1) is 11.7. The van der Waals surface area contributed by atoms with E-state index in [1.54, 1.807) is 7.11 Å². The zero-order valence-electron chi connectivity index (χ0n) is 16.2. The smallest absolute Gasteiger partial charge is 0.191 e. The van der Waals surface area contributed by atoms with Crippen molar-refractivity contribution in [3.05, 3.63) is 0 Å². The maximum atomic E-state index is 5.10. The van der Waals surface area contributed by atoms with Gasteiger partial charge >= 0.3 is 0 Å². The van der Waals surface area contributed by atoms with Crippen LogP contribution in [-0.4, -0.2) is 113 Å². The van der Waals surface area contributed by atoms with Crippen molar-refractivity contribution >= 4 is 29.9 Å². The molecule has 3 heterocycles. The number of fused-ring (bicyclic) bond motifs is 3. The molecule has 148 valence electrons. The molecule has 2 N–H and O–H groups in total. The summed E-state index contributed by atoms with van der Waals surface area (Å²) in [5.74, 6) is 0.945. The molecular formula is C17H37IN6O. The minimum atomic E-state index is 0. The summed E-state index contributed by atoms with van der Waals surface area (Å²) in [6.45, 7) is 13.8. The summed E-state index contributed by atoms with van der Waals surface area (Å²) in [5, 5.41) is 6.82. The Balaban J connectivity index is 0.00000312. The third kappa shape index (κ3) is 8.38. The monoisotopic (exact) mass is 468 g/mol. The highest BCUT2D eigenvalue weighted by molar-refractivity contribution is 14.0. The average Bonchev–Trinajstić information content (AvgIpc) is 2.61. The largest absolute Gasteiger partial charge is 0.385 e. The Labute approximate surface area is 170 Å². The van der Waals surface area contributed by atoms with Crippen LogP contribution in [0.4, 0.5) is 0 Å². The van der Waals surface area contributed by atoms with E-state index in [9.17, 15) is 0 Å². The van der Waals surface area contributed by atoms with Crippen molar-refractivity contribution in [3.63, 3.8) is 0 Å². The minimum absolute atomic E-state index is 0. The summed E-state index contributed by atoms with van der Waals surface area (Å²) in [7, 11) is 3.91. The van der Waals surface area contributed by atoms with Gasteiger partial charge in [0.05, 0.1) is 6.54 Å². The van der Waals surface area contributed by atoms with Crippen molar-refractivity contribution in [2.75, 3.05) is 86.2 Å². The number of nitrogens with one attached hydrogen (secondary N) is 2. The molecule has 0 aliphatic carbocycles. The van der Waals surface area contributed by atoms with E-state index in [0.717, 1.165) is 51.7 Å². The Bertz CT molecular complexity index is 376. The van der Waals surface area contributed by atoms with E-state index in [0.29, 0.717) is 6.04 Å². The van der Waals surface area contributed by atoms with Gasteiger partial charge in [0.15, 0.2) is 5.96 Å². The first-order valence-corrected chi connectivity index (χ1v) is 9.39. The van der Waals surface area contributed by atoms with E-state index in [2.05, 4.69) is 39.3 Å². The van der Waals surface area contributed by atoms with Crippen molar-refractivity contribution in [3.8, 4) is 0 Å². The highest BCUT2D eigenvalue weighted by Gasteiger charge is 2.31. The predicted octanol–water partition coefficient (Wildman–Crippen LogP) is 0.128. The summed E-state index contributed by atoms with van der Waals surface area (Å²) in [6.07, 6.45) is 1.08. The van der Waals surface area contributed by atoms with Crippen LogP contribution >= 0.6 is 24.0 Å². The topological polar surface area (TPSA) is 55.4 Å². The Morgan fingerprint density at radius 1 is 1.20 bits per heavy atom. The molecule has 8 heteroatoms. The predicted molar refractivity (Wildman–Crippen MR) is 115 cm³/mol. The van der Waals surface area contributed by atoms with Gasteiger partial charge in [-0.2, -0.15) is 0 Å². The number of hydrogen-bond acceptors (Lipinski definition) is 5. The normalized spacial score (nSPS) is 25.8. The van der Waals surface area contributed by atoms with Crippen LogP contribution in [-0.2, 0) is 4.74 Å². The molecule has 3 rings (SSSR count). The summed E-state index contributed by atoms with van der Waals surface area (Å²) in [4.78, 5) is 12.3. The molecule has 3 saturated heterocycles. The van der Waals surface area contributed by atoms with Crippen molar-refractivity contribution in [1.82, 2.24) is 25.3 Å². The average molecular weight is 468 g/mol. The molecule has 0 saturated carbocycles. The molecule has 0 spiro atoms. The van der Waals surface area contributed by atoms with Crippen LogP contribution in [0.2, 0.25) is 0 Å². The van der Waals surface area contributed by atoms with Crippen molar-refractivity contribution in [2.24, 2.45) is 4.99 Å². The molecule has 3 aliphatic heterocycles. The van der Waals surface area contributed by atoms with E-state index in [4.69, 9.17) is 9.73 Å². The molecule has 25 heavy (non-hydrogen) atoms. The lowest BCUT2D eigenvalue weighted by Gasteiger charge is -2.47. The second-order valence-corrected chi connectivity index (χ2v) is 6.79. The highest BCUT2D eigenvalue weighted by Crippen LogP contribution is 2.15. The molecule has 7 nitrogen and oxygen atoms in total. The Hall–Kier alpha value is -0.160. The van der Waals surface area contributed by atoms with Crippen LogP contribution < -0.4 is 10.6 Å². The molecule has 0 radical (unpaired) electrons. The molecule has 1 atom stereocenters. The molecule has 0 aromatic carbocycles. The van der Waals surface area contributed by atoms with Crippen LogP contribution in [0.1, 0.15) is 13.3 Å². The summed E-state index contributed by atoms with van der Waals surface area (Å²) >= 11 is 0. The molecule has 0 aromatic heterocycles. The summed E-state index contributed by atoms with van der Waals surface area (Å²) in [5.41, 5.74) is 0. The van der Waals surface area contributed by atoms with E-state index in [1.807, 2.05) is 0 Å². The van der Waals surface area contributed by atoms with Gasteiger partial charge in [0.25, 0.3) is 0 Å². The van der Waals surface area contributed by atoms with E-state index >= 15 is 0 Å². The standard InChI is InChI=1S/C17H36N6O.HI/c1-4-18-17(19-6-8-21(2)7-5-13-24-3)20-14-16-15-22-9-11-23(16)12-10-22;/h16H,4-15H2,1-3H3,(H2,18,19,20);1H. The van der Waals surface area contributed by atoms with Crippen LogP contribution in [0.25, 0.3) is 0 Å². The Kier molecular flexibility index (Phi) is 12.0. The fraction of sp³-hybridized carbons (Fsp3) is 0.941. The van der Waals surface area contributed by atoms with Crippen LogP contribution in [0.15, 0.2) is 4.99 Å². The SMILES string of the molecule is CCNC(=NCC1CN2CCN1CC2)NCCN(C)CCCOC.I. The molecule has 2 bridgehead atoms. The zero-order valence-corrected chi connectivity index (χ0v) is 18.5. The summed E-state index contributed by atoms with van der Waals surface area (Å²) in [6, 6.07) is 0.583. The molecule has 3 aliphatic rings. The third-order valence-corrected chi connectivity index (χ3v) is 4.87. The number of ether oxygens (including phenoxy) is 1. The molecule has 1 unspecified atom stereocenters. The number of rotatable bonds is 10. The first-order valence-electron chi connectivity index (χ1n) is 9.39. The number of piperazine rings is 3. The number of nitrogens with zero attached hydrogens (tertiary/aromatic N) is 4. The maximum Gasteiger partial charge on any atom is 0.191 e. The number of aliphatic imine (C=N–C) groups is 1. The fourth-order valence-electron chi connectivity index (χ4n) is 3.39. The van der Waals surface area contributed by atoms with Gasteiger partial charge in [-0.3, -0.25) is 14.8 Å². The van der Waals surface area contributed by atoms with Gasteiger partial charge in [-0.05, 0) is 20.4 Å². The van der Waals surface area contributed by atoms with Crippen molar-refractivity contribution < 1.29 is 4.74 Å². The van der Waals surface area contributed by atoms with Crippen molar-refractivity contribution in [2.45, 2.75) is 19.4 Å². The van der Waals surface area contributed by atoms with Gasteiger partial charge < -0.3 is 20.3 Å². The lowest BCUT2D eigenvalue weighted by atomic mass is 10.1. The van der Waals surface area contributed by atoms with Gasteiger partial charge in [0.1, 0.15) is 0 Å². The van der Waals surface area contributed by atoms with Gasteiger partial charge in [-0.25, -0.2) is 0 Å². The number of halogens is 1. The summed E-state index contributed by atoms with van der Waals surface area (Å²) < 4.78 is 5.10. The van der Waals surface area contributed by atoms with Crippen LogP contribution in [0, 0.1) is 0 Å². The van der Waals surface area contributed by atoms with E-state index < -0.39 is 0 Å². The van der Waals surface area contributed by atoms with E-state index in [1.165, 1.54) is 32.7 Å². The van der Waals surface area contributed by atoms with Gasteiger partial charge in [0, 0.05) is 78.7 Å². The zero-order chi connectivity index (χ0) is 17.2. The molecule has 0 amide bonds. The minimum Gasteiger partial charge on any atom is -0.385 e. The van der Waals surface area contributed by atoms with Gasteiger partial charge in [0.2, 0.25) is 0 Å².